The predicted octanol–water partition coefficient (Wildman–Crippen LogP) is 4.30. The number of nitrogens with zero attached hydrogens (tertiary/aromatic N) is 1. The molecule has 2 aromatic rings. The van der Waals surface area contributed by atoms with Crippen LogP contribution in [-0.2, 0) is 9.53 Å². The third-order valence-electron chi connectivity index (χ3n) is 3.82. The molecule has 7 heteroatoms. The Morgan fingerprint density at radius 2 is 1.72 bits per heavy atom. The van der Waals surface area contributed by atoms with Crippen molar-refractivity contribution >= 4 is 21.9 Å². The van der Waals surface area contributed by atoms with E-state index in [4.69, 9.17) is 4.74 Å². The fourth-order valence-electron chi connectivity index (χ4n) is 2.71. The van der Waals surface area contributed by atoms with Crippen molar-refractivity contribution in [1.82, 2.24) is 0 Å². The van der Waals surface area contributed by atoms with E-state index in [1.54, 1.807) is 31.2 Å². The SMILES string of the molecule is CCOC(=O)C(c1ccc(F)cc1)C(C[N+](=O)[O-])c1ccc(Br)cc1. The zero-order chi connectivity index (χ0) is 18.4. The summed E-state index contributed by atoms with van der Waals surface area (Å²) in [5, 5.41) is 11.2. The molecule has 0 aromatic heterocycles. The lowest BCUT2D eigenvalue weighted by Crippen LogP contribution is -2.27. The third kappa shape index (κ3) is 5.09. The zero-order valence-corrected chi connectivity index (χ0v) is 15.1. The molecule has 0 spiro atoms. The topological polar surface area (TPSA) is 69.4 Å². The summed E-state index contributed by atoms with van der Waals surface area (Å²) in [5.41, 5.74) is 1.12. The number of carbonyl (C=O) groups is 1. The van der Waals surface area contributed by atoms with Crippen LogP contribution in [0.25, 0.3) is 0 Å². The van der Waals surface area contributed by atoms with Crippen LogP contribution < -0.4 is 0 Å². The minimum absolute atomic E-state index is 0.155. The van der Waals surface area contributed by atoms with Gasteiger partial charge in [0.2, 0.25) is 6.54 Å². The van der Waals surface area contributed by atoms with E-state index in [1.165, 1.54) is 24.3 Å². The highest BCUT2D eigenvalue weighted by Gasteiger charge is 2.35. The van der Waals surface area contributed by atoms with Gasteiger partial charge in [0.25, 0.3) is 0 Å². The molecule has 2 unspecified atom stereocenters. The molecule has 25 heavy (non-hydrogen) atoms. The van der Waals surface area contributed by atoms with Gasteiger partial charge >= 0.3 is 5.97 Å². The van der Waals surface area contributed by atoms with Crippen LogP contribution >= 0.6 is 15.9 Å². The molecule has 2 atom stereocenters. The molecular formula is C18H17BrFNO4. The van der Waals surface area contributed by atoms with E-state index >= 15 is 0 Å². The van der Waals surface area contributed by atoms with E-state index in [2.05, 4.69) is 15.9 Å². The van der Waals surface area contributed by atoms with Gasteiger partial charge < -0.3 is 4.74 Å². The Labute approximate surface area is 153 Å². The van der Waals surface area contributed by atoms with Crippen molar-refractivity contribution in [1.29, 1.82) is 0 Å². The summed E-state index contributed by atoms with van der Waals surface area (Å²) in [7, 11) is 0. The first-order valence-electron chi connectivity index (χ1n) is 7.71. The number of nitro groups is 1. The van der Waals surface area contributed by atoms with Gasteiger partial charge in [-0.3, -0.25) is 14.9 Å². The van der Waals surface area contributed by atoms with Crippen molar-refractivity contribution in [2.24, 2.45) is 0 Å². The lowest BCUT2D eigenvalue weighted by atomic mass is 9.81. The Hall–Kier alpha value is -2.28. The molecule has 0 heterocycles. The maximum atomic E-state index is 13.2. The number of benzene rings is 2. The molecule has 2 rings (SSSR count). The molecule has 5 nitrogen and oxygen atoms in total. The number of esters is 1. The van der Waals surface area contributed by atoms with Crippen molar-refractivity contribution in [3.8, 4) is 0 Å². The normalized spacial score (nSPS) is 13.1. The van der Waals surface area contributed by atoms with Crippen LogP contribution in [0.1, 0.15) is 29.9 Å². The number of ether oxygens (including phenoxy) is 1. The van der Waals surface area contributed by atoms with Gasteiger partial charge in [0.05, 0.1) is 18.4 Å². The number of halogens is 2. The van der Waals surface area contributed by atoms with Gasteiger partial charge in [0.15, 0.2) is 0 Å². The first-order valence-corrected chi connectivity index (χ1v) is 8.51. The standard InChI is InChI=1S/C18H17BrFNO4/c1-2-25-18(22)17(13-5-9-15(20)10-6-13)16(11-21(23)24)12-3-7-14(19)8-4-12/h3-10,16-17H,2,11H2,1H3. The first-order chi connectivity index (χ1) is 11.9. The van der Waals surface area contributed by atoms with Crippen LogP contribution in [0, 0.1) is 15.9 Å². The summed E-state index contributed by atoms with van der Waals surface area (Å²) in [4.78, 5) is 23.3. The second kappa shape index (κ2) is 8.71. The molecule has 0 bridgehead atoms. The van der Waals surface area contributed by atoms with Gasteiger partial charge in [-0.25, -0.2) is 4.39 Å². The molecule has 2 aromatic carbocycles. The van der Waals surface area contributed by atoms with E-state index in [-0.39, 0.29) is 6.61 Å². The van der Waals surface area contributed by atoms with Crippen molar-refractivity contribution < 1.29 is 18.8 Å². The largest absolute Gasteiger partial charge is 0.466 e. The van der Waals surface area contributed by atoms with Crippen molar-refractivity contribution in [2.45, 2.75) is 18.8 Å². The second-order valence-corrected chi connectivity index (χ2v) is 6.37. The van der Waals surface area contributed by atoms with E-state index in [0.717, 1.165) is 4.47 Å². The van der Waals surface area contributed by atoms with Gasteiger partial charge in [0, 0.05) is 9.40 Å². The van der Waals surface area contributed by atoms with E-state index in [1.807, 2.05) is 0 Å². The van der Waals surface area contributed by atoms with Crippen LogP contribution in [0.2, 0.25) is 0 Å². The highest BCUT2D eigenvalue weighted by molar-refractivity contribution is 9.10. The summed E-state index contributed by atoms with van der Waals surface area (Å²) >= 11 is 3.32. The predicted molar refractivity (Wildman–Crippen MR) is 94.5 cm³/mol. The Morgan fingerprint density at radius 3 is 2.24 bits per heavy atom. The molecule has 0 N–H and O–H groups in total. The molecule has 0 aliphatic rings. The molecule has 0 radical (unpaired) electrons. The Balaban J connectivity index is 2.51. The summed E-state index contributed by atoms with van der Waals surface area (Å²) in [6.07, 6.45) is 0. The average Bonchev–Trinajstić information content (AvgIpc) is 2.56. The van der Waals surface area contributed by atoms with E-state index in [0.29, 0.717) is 11.1 Å². The summed E-state index contributed by atoms with van der Waals surface area (Å²) < 4.78 is 19.2. The monoisotopic (exact) mass is 409 g/mol. The summed E-state index contributed by atoms with van der Waals surface area (Å²) in [5.74, 6) is -2.63. The maximum absolute atomic E-state index is 13.2. The smallest absolute Gasteiger partial charge is 0.314 e. The van der Waals surface area contributed by atoms with Gasteiger partial charge in [-0.05, 0) is 42.3 Å². The second-order valence-electron chi connectivity index (χ2n) is 5.45. The van der Waals surface area contributed by atoms with Gasteiger partial charge in [0.1, 0.15) is 5.82 Å². The van der Waals surface area contributed by atoms with Crippen LogP contribution in [0.3, 0.4) is 0 Å². The van der Waals surface area contributed by atoms with E-state index < -0.39 is 35.1 Å². The van der Waals surface area contributed by atoms with Crippen LogP contribution in [0.15, 0.2) is 53.0 Å². The fourth-order valence-corrected chi connectivity index (χ4v) is 2.97. The highest BCUT2D eigenvalue weighted by atomic mass is 79.9. The zero-order valence-electron chi connectivity index (χ0n) is 13.5. The summed E-state index contributed by atoms with van der Waals surface area (Å²) in [6, 6.07) is 12.4. The lowest BCUT2D eigenvalue weighted by molar-refractivity contribution is -0.483. The molecule has 0 aliphatic carbocycles. The minimum Gasteiger partial charge on any atom is -0.466 e. The molecule has 0 saturated heterocycles. The van der Waals surface area contributed by atoms with E-state index in [9.17, 15) is 19.3 Å². The highest BCUT2D eigenvalue weighted by Crippen LogP contribution is 2.35. The third-order valence-corrected chi connectivity index (χ3v) is 4.34. The molecular weight excluding hydrogens is 393 g/mol. The fraction of sp³-hybridized carbons (Fsp3) is 0.278. The van der Waals surface area contributed by atoms with Gasteiger partial charge in [-0.15, -0.1) is 0 Å². The van der Waals surface area contributed by atoms with Crippen LogP contribution in [0.4, 0.5) is 4.39 Å². The van der Waals surface area contributed by atoms with Crippen molar-refractivity contribution in [3.63, 3.8) is 0 Å². The van der Waals surface area contributed by atoms with Crippen LogP contribution in [0.5, 0.6) is 0 Å². The average molecular weight is 410 g/mol. The van der Waals surface area contributed by atoms with Crippen molar-refractivity contribution in [2.75, 3.05) is 13.2 Å². The van der Waals surface area contributed by atoms with Gasteiger partial charge in [-0.1, -0.05) is 40.2 Å². The Morgan fingerprint density at radius 1 is 1.16 bits per heavy atom. The number of carbonyl (C=O) groups excluding carboxylic acids is 1. The molecule has 132 valence electrons. The van der Waals surface area contributed by atoms with Crippen molar-refractivity contribution in [3.05, 3.63) is 80.1 Å². The minimum atomic E-state index is -0.896. The Bertz CT molecular complexity index is 734. The molecule has 0 fully saturated rings. The molecule has 0 amide bonds. The Kier molecular flexibility index (Phi) is 6.64. The molecule has 0 aliphatic heterocycles. The number of hydrogen-bond acceptors (Lipinski definition) is 4. The quantitative estimate of drug-likeness (QED) is 0.388. The van der Waals surface area contributed by atoms with Crippen LogP contribution in [-0.4, -0.2) is 24.0 Å². The molecule has 0 saturated carbocycles. The maximum Gasteiger partial charge on any atom is 0.314 e. The lowest BCUT2D eigenvalue weighted by Gasteiger charge is -2.23. The first kappa shape index (κ1) is 19.1. The number of rotatable bonds is 7. The number of hydrogen-bond donors (Lipinski definition) is 0. The summed E-state index contributed by atoms with van der Waals surface area (Å²) in [6.45, 7) is 1.38. The van der Waals surface area contributed by atoms with Gasteiger partial charge in [-0.2, -0.15) is 0 Å².